The lowest BCUT2D eigenvalue weighted by Gasteiger charge is -2.30. The highest BCUT2D eigenvalue weighted by molar-refractivity contribution is 5.65. The van der Waals surface area contributed by atoms with Crippen LogP contribution in [0.2, 0.25) is 0 Å². The second kappa shape index (κ2) is 9.59. The molecule has 1 fully saturated rings. The maximum Gasteiger partial charge on any atom is 0.273 e. The summed E-state index contributed by atoms with van der Waals surface area (Å²) in [5.74, 6) is 1.54. The van der Waals surface area contributed by atoms with Gasteiger partial charge < -0.3 is 14.6 Å². The van der Waals surface area contributed by atoms with Gasteiger partial charge in [-0.1, -0.05) is 19.9 Å². The van der Waals surface area contributed by atoms with E-state index in [1.54, 1.807) is 11.8 Å². The molecule has 3 aromatic rings. The Morgan fingerprint density at radius 3 is 2.50 bits per heavy atom. The Morgan fingerprint density at radius 1 is 1.12 bits per heavy atom. The van der Waals surface area contributed by atoms with E-state index in [0.29, 0.717) is 36.0 Å². The molecule has 0 radical (unpaired) electrons. The number of hydrogen-bond donors (Lipinski definition) is 1. The molecule has 3 heterocycles. The van der Waals surface area contributed by atoms with E-state index in [4.69, 9.17) is 4.74 Å². The van der Waals surface area contributed by atoms with Gasteiger partial charge in [0.15, 0.2) is 0 Å². The molecule has 1 aliphatic carbocycles. The van der Waals surface area contributed by atoms with Crippen LogP contribution in [0.5, 0.6) is 5.88 Å². The predicted molar refractivity (Wildman–Crippen MR) is 127 cm³/mol. The van der Waals surface area contributed by atoms with Crippen molar-refractivity contribution in [2.24, 2.45) is 13.0 Å². The Bertz CT molecular complexity index is 1090. The first kappa shape index (κ1) is 22.1. The molecule has 0 saturated heterocycles. The smallest absolute Gasteiger partial charge is 0.273 e. The summed E-state index contributed by atoms with van der Waals surface area (Å²) < 4.78 is 8.79. The van der Waals surface area contributed by atoms with Gasteiger partial charge in [0.05, 0.1) is 13.3 Å². The molecule has 1 saturated carbocycles. The van der Waals surface area contributed by atoms with Gasteiger partial charge in [-0.05, 0) is 49.1 Å². The Labute approximate surface area is 189 Å². The number of hydrogen-bond acceptors (Lipinski definition) is 5. The fourth-order valence-corrected chi connectivity index (χ4v) is 4.54. The highest BCUT2D eigenvalue weighted by atomic mass is 16.5. The standard InChI is InChI=1S/C25H33N5O2/c1-17(2)14-30-16-20(21-13-27-29(3)15-21)11-23(25(30)31)28-22-8-5-18(6-9-22)19-7-10-24(32-4)26-12-19/h7,10-13,15-18,22,28H,5-6,8-9,14H2,1-4H3/t18-,22+. The quantitative estimate of drug-likeness (QED) is 0.594. The van der Waals surface area contributed by atoms with Crippen LogP contribution >= 0.6 is 0 Å². The summed E-state index contributed by atoms with van der Waals surface area (Å²) in [5.41, 5.74) is 4.03. The molecule has 170 valence electrons. The van der Waals surface area contributed by atoms with E-state index in [1.165, 1.54) is 5.56 Å². The predicted octanol–water partition coefficient (Wildman–Crippen LogP) is 4.45. The lowest BCUT2D eigenvalue weighted by atomic mass is 9.82. The molecule has 1 aliphatic rings. The summed E-state index contributed by atoms with van der Waals surface area (Å²) in [6.45, 7) is 4.95. The maximum absolute atomic E-state index is 13.2. The molecular formula is C25H33N5O2. The second-order valence-corrected chi connectivity index (χ2v) is 9.22. The van der Waals surface area contributed by atoms with Crippen molar-refractivity contribution in [2.75, 3.05) is 12.4 Å². The zero-order valence-electron chi connectivity index (χ0n) is 19.4. The number of nitrogens with zero attached hydrogens (tertiary/aromatic N) is 4. The molecule has 0 unspecified atom stereocenters. The fraction of sp³-hybridized carbons (Fsp3) is 0.480. The molecule has 0 atom stereocenters. The van der Waals surface area contributed by atoms with Crippen LogP contribution in [-0.2, 0) is 13.6 Å². The number of nitrogens with one attached hydrogen (secondary N) is 1. The largest absolute Gasteiger partial charge is 0.481 e. The Morgan fingerprint density at radius 2 is 1.91 bits per heavy atom. The number of methoxy groups -OCH3 is 1. The second-order valence-electron chi connectivity index (χ2n) is 9.22. The number of aryl methyl sites for hydroxylation is 1. The van der Waals surface area contributed by atoms with Crippen molar-refractivity contribution in [3.05, 3.63) is 58.9 Å². The van der Waals surface area contributed by atoms with Crippen LogP contribution < -0.4 is 15.6 Å². The first-order chi connectivity index (χ1) is 15.4. The Kier molecular flexibility index (Phi) is 6.63. The highest BCUT2D eigenvalue weighted by Gasteiger charge is 2.24. The third-order valence-electron chi connectivity index (χ3n) is 6.21. The molecule has 3 aromatic heterocycles. The number of rotatable bonds is 7. The molecule has 0 bridgehead atoms. The first-order valence-corrected chi connectivity index (χ1v) is 11.4. The van der Waals surface area contributed by atoms with Crippen molar-refractivity contribution in [1.82, 2.24) is 19.3 Å². The minimum Gasteiger partial charge on any atom is -0.481 e. The summed E-state index contributed by atoms with van der Waals surface area (Å²) in [5, 5.41) is 7.87. The average molecular weight is 436 g/mol. The molecule has 0 amide bonds. The summed E-state index contributed by atoms with van der Waals surface area (Å²) in [6, 6.07) is 6.32. The van der Waals surface area contributed by atoms with Crippen molar-refractivity contribution in [3.63, 3.8) is 0 Å². The Balaban J connectivity index is 1.50. The van der Waals surface area contributed by atoms with Gasteiger partial charge in [-0.2, -0.15) is 5.10 Å². The molecule has 7 heteroatoms. The SMILES string of the molecule is COc1ccc([C@H]2CC[C@@H](Nc3cc(-c4cnn(C)c4)cn(CC(C)C)c3=O)CC2)cn1. The lowest BCUT2D eigenvalue weighted by Crippen LogP contribution is -2.31. The van der Waals surface area contributed by atoms with E-state index >= 15 is 0 Å². The van der Waals surface area contributed by atoms with Crippen LogP contribution in [0.25, 0.3) is 11.1 Å². The van der Waals surface area contributed by atoms with Crippen molar-refractivity contribution >= 4 is 5.69 Å². The average Bonchev–Trinajstić information content (AvgIpc) is 3.23. The third-order valence-corrected chi connectivity index (χ3v) is 6.21. The van der Waals surface area contributed by atoms with Gasteiger partial charge in [-0.3, -0.25) is 9.48 Å². The van der Waals surface area contributed by atoms with Gasteiger partial charge in [-0.15, -0.1) is 0 Å². The van der Waals surface area contributed by atoms with Crippen molar-refractivity contribution in [3.8, 4) is 17.0 Å². The molecule has 7 nitrogen and oxygen atoms in total. The number of aromatic nitrogens is 4. The summed E-state index contributed by atoms with van der Waals surface area (Å²) in [4.78, 5) is 17.5. The van der Waals surface area contributed by atoms with Gasteiger partial charge in [-0.25, -0.2) is 4.98 Å². The van der Waals surface area contributed by atoms with Gasteiger partial charge in [0.2, 0.25) is 5.88 Å². The van der Waals surface area contributed by atoms with Crippen LogP contribution in [0.4, 0.5) is 5.69 Å². The number of anilines is 1. The molecular weight excluding hydrogens is 402 g/mol. The topological polar surface area (TPSA) is 74.0 Å². The minimum atomic E-state index is 0.0489. The number of pyridine rings is 2. The van der Waals surface area contributed by atoms with Gasteiger partial charge >= 0.3 is 0 Å². The van der Waals surface area contributed by atoms with Crippen LogP contribution in [-0.4, -0.2) is 32.5 Å². The van der Waals surface area contributed by atoms with Crippen LogP contribution in [0.15, 0.2) is 47.8 Å². The first-order valence-electron chi connectivity index (χ1n) is 11.4. The van der Waals surface area contributed by atoms with Gasteiger partial charge in [0.1, 0.15) is 5.69 Å². The van der Waals surface area contributed by atoms with E-state index in [9.17, 15) is 4.79 Å². The minimum absolute atomic E-state index is 0.0489. The van der Waals surface area contributed by atoms with E-state index in [2.05, 4.69) is 35.3 Å². The lowest BCUT2D eigenvalue weighted by molar-refractivity contribution is 0.393. The fourth-order valence-electron chi connectivity index (χ4n) is 4.54. The molecule has 32 heavy (non-hydrogen) atoms. The van der Waals surface area contributed by atoms with Gasteiger partial charge in [0, 0.05) is 55.4 Å². The highest BCUT2D eigenvalue weighted by Crippen LogP contribution is 2.34. The summed E-state index contributed by atoms with van der Waals surface area (Å²) in [7, 11) is 3.54. The summed E-state index contributed by atoms with van der Waals surface area (Å²) in [6.07, 6.45) is 11.9. The molecule has 0 spiro atoms. The van der Waals surface area contributed by atoms with Gasteiger partial charge in [0.25, 0.3) is 5.56 Å². The zero-order valence-corrected chi connectivity index (χ0v) is 19.4. The van der Waals surface area contributed by atoms with E-state index < -0.39 is 0 Å². The monoisotopic (exact) mass is 435 g/mol. The van der Waals surface area contributed by atoms with Crippen molar-refractivity contribution < 1.29 is 4.74 Å². The van der Waals surface area contributed by atoms with E-state index in [1.807, 2.05) is 48.5 Å². The summed E-state index contributed by atoms with van der Waals surface area (Å²) >= 11 is 0. The molecule has 4 rings (SSSR count). The molecule has 1 N–H and O–H groups in total. The maximum atomic E-state index is 13.2. The van der Waals surface area contributed by atoms with E-state index in [-0.39, 0.29) is 5.56 Å². The molecule has 0 aromatic carbocycles. The Hall–Kier alpha value is -3.09. The normalized spacial score (nSPS) is 18.7. The van der Waals surface area contributed by atoms with Crippen molar-refractivity contribution in [2.45, 2.75) is 58.0 Å². The van der Waals surface area contributed by atoms with Crippen LogP contribution in [0.1, 0.15) is 51.0 Å². The number of ether oxygens (including phenoxy) is 1. The van der Waals surface area contributed by atoms with Crippen molar-refractivity contribution in [1.29, 1.82) is 0 Å². The van der Waals surface area contributed by atoms with Crippen LogP contribution in [0.3, 0.4) is 0 Å². The third kappa shape index (κ3) is 5.03. The molecule has 0 aliphatic heterocycles. The zero-order chi connectivity index (χ0) is 22.7. The van der Waals surface area contributed by atoms with Crippen LogP contribution in [0, 0.1) is 5.92 Å². The van der Waals surface area contributed by atoms with E-state index in [0.717, 1.165) is 36.8 Å².